The van der Waals surface area contributed by atoms with Crippen molar-refractivity contribution in [3.8, 4) is 0 Å². The summed E-state index contributed by atoms with van der Waals surface area (Å²) in [6.07, 6.45) is 0. The number of thiophene rings is 1. The second-order valence-corrected chi connectivity index (χ2v) is 5.21. The Labute approximate surface area is 110 Å². The molecule has 0 amide bonds. The van der Waals surface area contributed by atoms with Gasteiger partial charge in [-0.25, -0.2) is 4.79 Å². The molecule has 0 bridgehead atoms. The Bertz CT molecular complexity index is 549. The van der Waals surface area contributed by atoms with Crippen LogP contribution in [0.1, 0.15) is 22.0 Å². The zero-order valence-electron chi connectivity index (χ0n) is 10.3. The first-order valence-corrected chi connectivity index (χ1v) is 6.56. The fourth-order valence-electron chi connectivity index (χ4n) is 1.71. The van der Waals surface area contributed by atoms with E-state index >= 15 is 0 Å². The fourth-order valence-corrected chi connectivity index (χ4v) is 2.48. The van der Waals surface area contributed by atoms with Crippen LogP contribution in [0.4, 0.5) is 5.69 Å². The van der Waals surface area contributed by atoms with Crippen LogP contribution in [0.25, 0.3) is 0 Å². The molecule has 0 radical (unpaired) electrons. The van der Waals surface area contributed by atoms with Crippen LogP contribution in [0.15, 0.2) is 35.7 Å². The van der Waals surface area contributed by atoms with Gasteiger partial charge in [0.05, 0.1) is 0 Å². The van der Waals surface area contributed by atoms with Gasteiger partial charge in [0.1, 0.15) is 0 Å². The summed E-state index contributed by atoms with van der Waals surface area (Å²) in [7, 11) is 0. The predicted molar refractivity (Wildman–Crippen MR) is 74.2 cm³/mol. The molecule has 0 aliphatic heterocycles. The molecule has 1 atom stereocenters. The molecule has 1 heterocycles. The molecule has 0 aliphatic rings. The maximum Gasteiger partial charge on any atom is 0.331 e. The van der Waals surface area contributed by atoms with Gasteiger partial charge >= 0.3 is 5.97 Å². The molecule has 2 aromatic rings. The number of carbonyl (C=O) groups is 1. The summed E-state index contributed by atoms with van der Waals surface area (Å²) >= 11 is 1.44. The summed E-state index contributed by atoms with van der Waals surface area (Å²) in [6.45, 7) is 4.05. The van der Waals surface area contributed by atoms with E-state index < -0.39 is 12.0 Å². The van der Waals surface area contributed by atoms with E-state index in [1.165, 1.54) is 16.9 Å². The zero-order chi connectivity index (χ0) is 13.1. The third-order valence-electron chi connectivity index (χ3n) is 2.89. The number of benzene rings is 1. The monoisotopic (exact) mass is 261 g/mol. The van der Waals surface area contributed by atoms with Crippen molar-refractivity contribution in [2.75, 3.05) is 5.32 Å². The van der Waals surface area contributed by atoms with Gasteiger partial charge < -0.3 is 10.4 Å². The zero-order valence-corrected chi connectivity index (χ0v) is 11.1. The molecule has 18 heavy (non-hydrogen) atoms. The first kappa shape index (κ1) is 12.6. The van der Waals surface area contributed by atoms with Crippen molar-refractivity contribution in [2.24, 2.45) is 0 Å². The largest absolute Gasteiger partial charge is 0.479 e. The predicted octanol–water partition coefficient (Wildman–Crippen LogP) is 3.60. The van der Waals surface area contributed by atoms with Crippen LogP contribution in [-0.2, 0) is 4.79 Å². The second-order valence-electron chi connectivity index (χ2n) is 4.23. The molecule has 2 rings (SSSR count). The van der Waals surface area contributed by atoms with Crippen molar-refractivity contribution >= 4 is 23.0 Å². The smallest absolute Gasteiger partial charge is 0.331 e. The third-order valence-corrected chi connectivity index (χ3v) is 3.83. The molecule has 1 unspecified atom stereocenters. The van der Waals surface area contributed by atoms with Gasteiger partial charge in [0.2, 0.25) is 0 Å². The molecule has 94 valence electrons. The number of hydrogen-bond donors (Lipinski definition) is 2. The summed E-state index contributed by atoms with van der Waals surface area (Å²) in [4.78, 5) is 12.1. The molecule has 0 aliphatic carbocycles. The van der Waals surface area contributed by atoms with Crippen LogP contribution in [0.2, 0.25) is 0 Å². The van der Waals surface area contributed by atoms with E-state index in [4.69, 9.17) is 0 Å². The lowest BCUT2D eigenvalue weighted by molar-refractivity contribution is -0.138. The highest BCUT2D eigenvalue weighted by Gasteiger charge is 2.20. The highest BCUT2D eigenvalue weighted by Crippen LogP contribution is 2.25. The van der Waals surface area contributed by atoms with E-state index in [-0.39, 0.29) is 0 Å². The highest BCUT2D eigenvalue weighted by atomic mass is 32.1. The Morgan fingerprint density at radius 1 is 1.28 bits per heavy atom. The van der Waals surface area contributed by atoms with Gasteiger partial charge in [0.15, 0.2) is 6.04 Å². The molecule has 4 heteroatoms. The normalized spacial score (nSPS) is 12.1. The molecular weight excluding hydrogens is 246 g/mol. The molecule has 0 saturated heterocycles. The number of aryl methyl sites for hydroxylation is 2. The lowest BCUT2D eigenvalue weighted by Gasteiger charge is -2.15. The Hall–Kier alpha value is -1.81. The van der Waals surface area contributed by atoms with Crippen molar-refractivity contribution in [2.45, 2.75) is 19.9 Å². The van der Waals surface area contributed by atoms with Gasteiger partial charge in [-0.05, 0) is 48.6 Å². The number of carboxylic acids is 1. The van der Waals surface area contributed by atoms with Crippen molar-refractivity contribution in [3.63, 3.8) is 0 Å². The molecule has 3 nitrogen and oxygen atoms in total. The summed E-state index contributed by atoms with van der Waals surface area (Å²) < 4.78 is 0. The lowest BCUT2D eigenvalue weighted by Crippen LogP contribution is -2.19. The summed E-state index contributed by atoms with van der Waals surface area (Å²) in [5.74, 6) is -0.865. The number of carboxylic acid groups (broad SMARTS) is 1. The van der Waals surface area contributed by atoms with E-state index in [0.717, 1.165) is 16.1 Å². The van der Waals surface area contributed by atoms with Gasteiger partial charge in [-0.3, -0.25) is 0 Å². The van der Waals surface area contributed by atoms with Gasteiger partial charge in [0, 0.05) is 10.6 Å². The molecule has 2 N–H and O–H groups in total. The lowest BCUT2D eigenvalue weighted by atomic mass is 10.1. The molecule has 0 spiro atoms. The standard InChI is InChI=1S/C14H15NO2S/c1-9-5-6-11(8-10(9)2)15-13(14(16)17)12-4-3-7-18-12/h3-8,13,15H,1-2H3,(H,16,17). The van der Waals surface area contributed by atoms with Crippen LogP contribution >= 0.6 is 11.3 Å². The Balaban J connectivity index is 2.24. The minimum atomic E-state index is -0.865. The van der Waals surface area contributed by atoms with Gasteiger partial charge in [0.25, 0.3) is 0 Å². The van der Waals surface area contributed by atoms with Crippen LogP contribution in [0.5, 0.6) is 0 Å². The Kier molecular flexibility index (Phi) is 3.67. The fraction of sp³-hybridized carbons (Fsp3) is 0.214. The number of nitrogens with one attached hydrogen (secondary N) is 1. The third kappa shape index (κ3) is 2.71. The van der Waals surface area contributed by atoms with Gasteiger partial charge in [-0.15, -0.1) is 11.3 Å². The van der Waals surface area contributed by atoms with Crippen molar-refractivity contribution in [1.29, 1.82) is 0 Å². The molecule has 1 aromatic heterocycles. The minimum absolute atomic E-state index is 0.688. The van der Waals surface area contributed by atoms with E-state index in [0.29, 0.717) is 0 Å². The number of rotatable bonds is 4. The van der Waals surface area contributed by atoms with Crippen molar-refractivity contribution in [3.05, 3.63) is 51.7 Å². The average Bonchev–Trinajstić information content (AvgIpc) is 2.83. The second kappa shape index (κ2) is 5.23. The maximum atomic E-state index is 11.3. The van der Waals surface area contributed by atoms with Crippen LogP contribution in [-0.4, -0.2) is 11.1 Å². The molecule has 1 aromatic carbocycles. The van der Waals surface area contributed by atoms with Crippen molar-refractivity contribution < 1.29 is 9.90 Å². The van der Waals surface area contributed by atoms with E-state index in [2.05, 4.69) is 5.32 Å². The Morgan fingerprint density at radius 2 is 2.06 bits per heavy atom. The summed E-state index contributed by atoms with van der Waals surface area (Å²) in [5.41, 5.74) is 3.18. The Morgan fingerprint density at radius 3 is 2.61 bits per heavy atom. The summed E-state index contributed by atoms with van der Waals surface area (Å²) in [5, 5.41) is 14.2. The topological polar surface area (TPSA) is 49.3 Å². The number of anilines is 1. The first-order valence-electron chi connectivity index (χ1n) is 5.68. The SMILES string of the molecule is Cc1ccc(NC(C(=O)O)c2cccs2)cc1C. The quantitative estimate of drug-likeness (QED) is 0.884. The van der Waals surface area contributed by atoms with Crippen LogP contribution in [0, 0.1) is 13.8 Å². The van der Waals surface area contributed by atoms with Crippen molar-refractivity contribution in [1.82, 2.24) is 0 Å². The molecule has 0 saturated carbocycles. The molecular formula is C14H15NO2S. The van der Waals surface area contributed by atoms with Crippen LogP contribution in [0.3, 0.4) is 0 Å². The summed E-state index contributed by atoms with van der Waals surface area (Å²) in [6, 6.07) is 8.87. The minimum Gasteiger partial charge on any atom is -0.479 e. The van der Waals surface area contributed by atoms with Gasteiger partial charge in [-0.2, -0.15) is 0 Å². The van der Waals surface area contributed by atoms with E-state index in [1.807, 2.05) is 49.6 Å². The number of aliphatic carboxylic acids is 1. The number of hydrogen-bond acceptors (Lipinski definition) is 3. The van der Waals surface area contributed by atoms with E-state index in [1.54, 1.807) is 0 Å². The average molecular weight is 261 g/mol. The maximum absolute atomic E-state index is 11.3. The highest BCUT2D eigenvalue weighted by molar-refractivity contribution is 7.10. The van der Waals surface area contributed by atoms with E-state index in [9.17, 15) is 9.90 Å². The van der Waals surface area contributed by atoms with Crippen LogP contribution < -0.4 is 5.32 Å². The molecule has 0 fully saturated rings. The first-order chi connectivity index (χ1) is 8.58. The van der Waals surface area contributed by atoms with Gasteiger partial charge in [-0.1, -0.05) is 12.1 Å².